The van der Waals surface area contributed by atoms with Crippen LogP contribution in [0.1, 0.15) is 11.1 Å². The summed E-state index contributed by atoms with van der Waals surface area (Å²) in [6.07, 6.45) is 0. The number of nitro benzene ring substituents is 1. The van der Waals surface area contributed by atoms with E-state index in [0.29, 0.717) is 5.56 Å². The highest BCUT2D eigenvalue weighted by Gasteiger charge is 2.19. The van der Waals surface area contributed by atoms with E-state index in [1.165, 1.54) is 6.07 Å². The highest BCUT2D eigenvalue weighted by Crippen LogP contribution is 2.27. The van der Waals surface area contributed by atoms with E-state index in [0.717, 1.165) is 3.57 Å². The smallest absolute Gasteiger partial charge is 0.258 e. The minimum absolute atomic E-state index is 0.0296. The zero-order valence-corrected chi connectivity index (χ0v) is 9.74. The third-order valence-electron chi connectivity index (χ3n) is 1.60. The molecule has 0 spiro atoms. The molecule has 0 aliphatic carbocycles. The van der Waals surface area contributed by atoms with Crippen LogP contribution < -0.4 is 0 Å². The summed E-state index contributed by atoms with van der Waals surface area (Å²) in [6.45, 7) is 0. The van der Waals surface area contributed by atoms with Gasteiger partial charge in [0.05, 0.1) is 10.8 Å². The van der Waals surface area contributed by atoms with Crippen LogP contribution in [0.5, 0.6) is 0 Å². The Morgan fingerprint density at radius 2 is 2.29 bits per heavy atom. The molecule has 0 atom stereocenters. The van der Waals surface area contributed by atoms with Crippen LogP contribution in [-0.2, 0) is 5.88 Å². The fourth-order valence-corrected chi connectivity index (χ4v) is 1.95. The molecule has 0 heterocycles. The van der Waals surface area contributed by atoms with E-state index in [2.05, 4.69) is 0 Å². The number of rotatable bonds is 2. The maximum absolute atomic E-state index is 10.7. The maximum Gasteiger partial charge on any atom is 0.291 e. The predicted molar refractivity (Wildman–Crippen MR) is 60.1 cm³/mol. The van der Waals surface area contributed by atoms with Crippen molar-refractivity contribution in [2.45, 2.75) is 5.88 Å². The highest BCUT2D eigenvalue weighted by atomic mass is 127. The van der Waals surface area contributed by atoms with Crippen LogP contribution in [0.2, 0.25) is 0 Å². The average Bonchev–Trinajstić information content (AvgIpc) is 2.15. The summed E-state index contributed by atoms with van der Waals surface area (Å²) in [5.74, 6) is 0.0296. The van der Waals surface area contributed by atoms with E-state index in [4.69, 9.17) is 16.9 Å². The molecular weight excluding hydrogens is 318 g/mol. The van der Waals surface area contributed by atoms with Gasteiger partial charge in [-0.2, -0.15) is 5.26 Å². The van der Waals surface area contributed by atoms with Gasteiger partial charge in [0.1, 0.15) is 11.6 Å². The molecule has 1 aromatic rings. The second-order valence-corrected chi connectivity index (χ2v) is 3.98. The monoisotopic (exact) mass is 322 g/mol. The molecule has 0 fully saturated rings. The van der Waals surface area contributed by atoms with Crippen molar-refractivity contribution in [1.82, 2.24) is 0 Å². The topological polar surface area (TPSA) is 66.9 Å². The molecule has 6 heteroatoms. The van der Waals surface area contributed by atoms with Gasteiger partial charge < -0.3 is 0 Å². The van der Waals surface area contributed by atoms with Crippen LogP contribution >= 0.6 is 34.2 Å². The number of hydrogen-bond acceptors (Lipinski definition) is 3. The lowest BCUT2D eigenvalue weighted by Crippen LogP contribution is -1.98. The Balaban J connectivity index is 3.50. The normalized spacial score (nSPS) is 9.50. The molecule has 0 unspecified atom stereocenters. The van der Waals surface area contributed by atoms with E-state index in [9.17, 15) is 10.1 Å². The molecule has 0 aliphatic heterocycles. The van der Waals surface area contributed by atoms with Crippen molar-refractivity contribution in [3.05, 3.63) is 36.9 Å². The Labute approximate surface area is 98.8 Å². The zero-order chi connectivity index (χ0) is 10.7. The van der Waals surface area contributed by atoms with Gasteiger partial charge in [-0.05, 0) is 34.7 Å². The number of alkyl halides is 1. The van der Waals surface area contributed by atoms with Crippen LogP contribution in [0.4, 0.5) is 5.69 Å². The molecule has 0 aromatic heterocycles. The molecule has 0 saturated carbocycles. The first-order valence-electron chi connectivity index (χ1n) is 3.53. The predicted octanol–water partition coefficient (Wildman–Crippen LogP) is 2.81. The van der Waals surface area contributed by atoms with Gasteiger partial charge in [-0.25, -0.2) is 0 Å². The van der Waals surface area contributed by atoms with Gasteiger partial charge in [-0.1, -0.05) is 0 Å². The third-order valence-corrected chi connectivity index (χ3v) is 2.51. The molecule has 0 amide bonds. The largest absolute Gasteiger partial charge is 0.291 e. The van der Waals surface area contributed by atoms with Gasteiger partial charge in [0.2, 0.25) is 0 Å². The number of hydrogen-bond donors (Lipinski definition) is 0. The summed E-state index contributed by atoms with van der Waals surface area (Å²) in [5, 5.41) is 19.4. The molecule has 1 aromatic carbocycles. The molecule has 0 aliphatic rings. The summed E-state index contributed by atoms with van der Waals surface area (Å²) in [4.78, 5) is 10.1. The Bertz CT molecular complexity index is 428. The SMILES string of the molecule is N#Cc1cc(I)cc(CCl)c1[N+](=O)[O-]. The lowest BCUT2D eigenvalue weighted by Gasteiger charge is -2.01. The van der Waals surface area contributed by atoms with E-state index >= 15 is 0 Å². The van der Waals surface area contributed by atoms with E-state index in [1.807, 2.05) is 22.6 Å². The fraction of sp³-hybridized carbons (Fsp3) is 0.125. The van der Waals surface area contributed by atoms with Crippen molar-refractivity contribution in [3.8, 4) is 6.07 Å². The number of nitro groups is 1. The molecule has 1 rings (SSSR count). The minimum atomic E-state index is -0.577. The fourth-order valence-electron chi connectivity index (χ4n) is 1.06. The summed E-state index contributed by atoms with van der Waals surface area (Å²) in [7, 11) is 0. The minimum Gasteiger partial charge on any atom is -0.258 e. The van der Waals surface area contributed by atoms with E-state index in [-0.39, 0.29) is 17.1 Å². The van der Waals surface area contributed by atoms with Crippen molar-refractivity contribution < 1.29 is 4.92 Å². The number of benzene rings is 1. The van der Waals surface area contributed by atoms with Crippen molar-refractivity contribution in [3.63, 3.8) is 0 Å². The standard InChI is InChI=1S/C8H4ClIN2O2/c9-3-5-1-7(10)2-6(4-11)8(5)12(13)14/h1-2H,3H2. The Morgan fingerprint density at radius 3 is 2.71 bits per heavy atom. The van der Waals surface area contributed by atoms with Gasteiger partial charge in [0.25, 0.3) is 5.69 Å². The quantitative estimate of drug-likeness (QED) is 0.364. The lowest BCUT2D eigenvalue weighted by molar-refractivity contribution is -0.385. The molecule has 14 heavy (non-hydrogen) atoms. The van der Waals surface area contributed by atoms with Crippen LogP contribution in [0.25, 0.3) is 0 Å². The second kappa shape index (κ2) is 4.57. The molecule has 0 radical (unpaired) electrons. The first-order valence-corrected chi connectivity index (χ1v) is 5.14. The molecule has 0 N–H and O–H groups in total. The van der Waals surface area contributed by atoms with Crippen molar-refractivity contribution >= 4 is 39.9 Å². The third kappa shape index (κ3) is 2.13. The van der Waals surface area contributed by atoms with E-state index in [1.54, 1.807) is 12.1 Å². The molecule has 4 nitrogen and oxygen atoms in total. The van der Waals surface area contributed by atoms with Crippen molar-refractivity contribution in [2.24, 2.45) is 0 Å². The lowest BCUT2D eigenvalue weighted by atomic mass is 10.1. The summed E-state index contributed by atoms with van der Waals surface area (Å²) in [6, 6.07) is 4.86. The Morgan fingerprint density at radius 1 is 1.64 bits per heavy atom. The van der Waals surface area contributed by atoms with Crippen LogP contribution in [-0.4, -0.2) is 4.92 Å². The average molecular weight is 322 g/mol. The van der Waals surface area contributed by atoms with E-state index < -0.39 is 4.92 Å². The molecule has 0 bridgehead atoms. The summed E-state index contributed by atoms with van der Waals surface area (Å²) in [5.41, 5.74) is 0.237. The van der Waals surface area contributed by atoms with Crippen molar-refractivity contribution in [1.29, 1.82) is 5.26 Å². The first kappa shape index (κ1) is 11.2. The molecular formula is C8H4ClIN2O2. The number of halogens is 2. The van der Waals surface area contributed by atoms with Crippen LogP contribution in [0.3, 0.4) is 0 Å². The second-order valence-electron chi connectivity index (χ2n) is 2.46. The maximum atomic E-state index is 10.7. The highest BCUT2D eigenvalue weighted by molar-refractivity contribution is 14.1. The van der Waals surface area contributed by atoms with Gasteiger partial charge in [0, 0.05) is 9.13 Å². The summed E-state index contributed by atoms with van der Waals surface area (Å²) >= 11 is 7.55. The van der Waals surface area contributed by atoms with Crippen molar-refractivity contribution in [2.75, 3.05) is 0 Å². The van der Waals surface area contributed by atoms with Gasteiger partial charge in [-0.15, -0.1) is 11.6 Å². The number of nitriles is 1. The Hall–Kier alpha value is -0.870. The van der Waals surface area contributed by atoms with Crippen LogP contribution in [0.15, 0.2) is 12.1 Å². The van der Waals surface area contributed by atoms with Gasteiger partial charge in [-0.3, -0.25) is 10.1 Å². The summed E-state index contributed by atoms with van der Waals surface area (Å²) < 4.78 is 0.764. The van der Waals surface area contributed by atoms with Crippen LogP contribution in [0, 0.1) is 25.0 Å². The Kier molecular flexibility index (Phi) is 3.66. The zero-order valence-electron chi connectivity index (χ0n) is 6.83. The van der Waals surface area contributed by atoms with Gasteiger partial charge >= 0.3 is 0 Å². The molecule has 72 valence electrons. The molecule has 0 saturated heterocycles. The number of nitrogens with zero attached hydrogens (tertiary/aromatic N) is 2. The van der Waals surface area contributed by atoms with Gasteiger partial charge in [0.15, 0.2) is 0 Å². The first-order chi connectivity index (χ1) is 6.60.